The highest BCUT2D eigenvalue weighted by Gasteiger charge is 2.66. The summed E-state index contributed by atoms with van der Waals surface area (Å²) in [4.78, 5) is 17.0. The minimum atomic E-state index is -0.0844. The monoisotopic (exact) mass is 396 g/mol. The van der Waals surface area contributed by atoms with Gasteiger partial charge in [-0.3, -0.25) is 9.69 Å². The summed E-state index contributed by atoms with van der Waals surface area (Å²) in [6, 6.07) is 18.4. The van der Waals surface area contributed by atoms with Crippen LogP contribution in [-0.4, -0.2) is 52.1 Å². The third-order valence-corrected chi connectivity index (χ3v) is 6.97. The highest BCUT2D eigenvalue weighted by Crippen LogP contribution is 2.55. The molecule has 0 aromatic heterocycles. The van der Waals surface area contributed by atoms with Gasteiger partial charge in [-0.25, -0.2) is 0 Å². The largest absolute Gasteiger partial charge is 0.395 e. The van der Waals surface area contributed by atoms with E-state index < -0.39 is 0 Å². The molecule has 28 heavy (non-hydrogen) atoms. The SMILES string of the molecule is O=C(C1CC1)N1CC2(C1)[C@H](c1ccccc1)[C@@H](CO)N2Cc1ccc(Cl)cc1. The van der Waals surface area contributed by atoms with E-state index in [1.165, 1.54) is 11.1 Å². The lowest BCUT2D eigenvalue weighted by Gasteiger charge is -2.71. The number of amides is 1. The summed E-state index contributed by atoms with van der Waals surface area (Å²) in [5, 5.41) is 10.9. The zero-order valence-electron chi connectivity index (χ0n) is 15.8. The molecule has 1 aliphatic carbocycles. The van der Waals surface area contributed by atoms with Crippen LogP contribution in [0.3, 0.4) is 0 Å². The molecule has 3 fully saturated rings. The van der Waals surface area contributed by atoms with Crippen LogP contribution in [0.5, 0.6) is 0 Å². The van der Waals surface area contributed by atoms with Gasteiger partial charge in [-0.2, -0.15) is 0 Å². The maximum Gasteiger partial charge on any atom is 0.225 e. The van der Waals surface area contributed by atoms with E-state index in [9.17, 15) is 9.90 Å². The second kappa shape index (κ2) is 6.87. The number of carbonyl (C=O) groups is 1. The lowest BCUT2D eigenvalue weighted by Crippen LogP contribution is -2.84. The number of benzene rings is 2. The first-order valence-electron chi connectivity index (χ1n) is 10.1. The van der Waals surface area contributed by atoms with Crippen LogP contribution in [-0.2, 0) is 11.3 Å². The van der Waals surface area contributed by atoms with Crippen LogP contribution in [0.2, 0.25) is 5.02 Å². The molecule has 4 nitrogen and oxygen atoms in total. The van der Waals surface area contributed by atoms with E-state index in [-0.39, 0.29) is 30.0 Å². The second-order valence-corrected chi connectivity index (χ2v) is 8.90. The fraction of sp³-hybridized carbons (Fsp3) is 0.435. The van der Waals surface area contributed by atoms with Crippen LogP contribution < -0.4 is 0 Å². The van der Waals surface area contributed by atoms with Crippen LogP contribution >= 0.6 is 11.6 Å². The molecule has 3 aliphatic rings. The molecule has 1 saturated carbocycles. The summed E-state index contributed by atoms with van der Waals surface area (Å²) in [6.07, 6.45) is 2.08. The van der Waals surface area contributed by atoms with Gasteiger partial charge in [0.05, 0.1) is 12.1 Å². The van der Waals surface area contributed by atoms with E-state index in [1.54, 1.807) is 0 Å². The smallest absolute Gasteiger partial charge is 0.225 e. The topological polar surface area (TPSA) is 43.8 Å². The molecule has 146 valence electrons. The van der Waals surface area contributed by atoms with Crippen molar-refractivity contribution in [3.8, 4) is 0 Å². The molecule has 0 bridgehead atoms. The molecule has 2 aromatic rings. The lowest BCUT2D eigenvalue weighted by atomic mass is 9.60. The van der Waals surface area contributed by atoms with Crippen molar-refractivity contribution in [3.63, 3.8) is 0 Å². The van der Waals surface area contributed by atoms with Crippen molar-refractivity contribution in [1.82, 2.24) is 9.80 Å². The van der Waals surface area contributed by atoms with E-state index >= 15 is 0 Å². The Hall–Kier alpha value is -1.88. The summed E-state index contributed by atoms with van der Waals surface area (Å²) in [5.74, 6) is 0.816. The average molecular weight is 397 g/mol. The summed E-state index contributed by atoms with van der Waals surface area (Å²) >= 11 is 6.04. The molecule has 2 aromatic carbocycles. The van der Waals surface area contributed by atoms with Crippen molar-refractivity contribution in [2.75, 3.05) is 19.7 Å². The molecule has 5 rings (SSSR count). The van der Waals surface area contributed by atoms with Crippen molar-refractivity contribution in [2.45, 2.75) is 36.9 Å². The number of rotatable bonds is 5. The zero-order chi connectivity index (χ0) is 19.3. The van der Waals surface area contributed by atoms with Crippen LogP contribution in [0.1, 0.15) is 29.9 Å². The van der Waals surface area contributed by atoms with Gasteiger partial charge in [0.2, 0.25) is 5.91 Å². The van der Waals surface area contributed by atoms with Crippen LogP contribution in [0.25, 0.3) is 0 Å². The molecule has 2 atom stereocenters. The van der Waals surface area contributed by atoms with E-state index in [1.807, 2.05) is 35.2 Å². The highest BCUT2D eigenvalue weighted by molar-refractivity contribution is 6.30. The van der Waals surface area contributed by atoms with Gasteiger partial charge in [0.25, 0.3) is 0 Å². The zero-order valence-corrected chi connectivity index (χ0v) is 16.6. The quantitative estimate of drug-likeness (QED) is 0.843. The standard InChI is InChI=1S/C23H25ClN2O2/c24-19-10-6-16(7-11-19)12-26-20(13-27)21(17-4-2-1-3-5-17)23(26)14-25(15-23)22(28)18-8-9-18/h1-7,10-11,18,20-21,27H,8-9,12-15H2/t20-,21-/m1/s1. The fourth-order valence-electron chi connectivity index (χ4n) is 5.16. The summed E-state index contributed by atoms with van der Waals surface area (Å²) in [5.41, 5.74) is 2.35. The molecule has 2 aliphatic heterocycles. The van der Waals surface area contributed by atoms with Gasteiger partial charge in [0.15, 0.2) is 0 Å². The maximum absolute atomic E-state index is 12.6. The molecule has 1 amide bonds. The third kappa shape index (κ3) is 2.86. The molecular formula is C23H25ClN2O2. The van der Waals surface area contributed by atoms with Crippen molar-refractivity contribution in [1.29, 1.82) is 0 Å². The molecule has 0 unspecified atom stereocenters. The molecular weight excluding hydrogens is 372 g/mol. The number of carbonyl (C=O) groups excluding carboxylic acids is 1. The summed E-state index contributed by atoms with van der Waals surface area (Å²) in [6.45, 7) is 2.39. The summed E-state index contributed by atoms with van der Waals surface area (Å²) < 4.78 is 0. The maximum atomic E-state index is 12.6. The molecule has 2 saturated heterocycles. The van der Waals surface area contributed by atoms with E-state index in [2.05, 4.69) is 29.2 Å². The van der Waals surface area contributed by atoms with Crippen molar-refractivity contribution in [3.05, 3.63) is 70.7 Å². The predicted octanol–water partition coefficient (Wildman–Crippen LogP) is 3.29. The van der Waals surface area contributed by atoms with Crippen molar-refractivity contribution >= 4 is 17.5 Å². The Morgan fingerprint density at radius 2 is 1.75 bits per heavy atom. The molecule has 0 radical (unpaired) electrons. The van der Waals surface area contributed by atoms with Crippen LogP contribution in [0, 0.1) is 5.92 Å². The lowest BCUT2D eigenvalue weighted by molar-refractivity contribution is -0.200. The Labute approximate surface area is 170 Å². The highest BCUT2D eigenvalue weighted by atomic mass is 35.5. The minimum absolute atomic E-state index is 0.0660. The Kier molecular flexibility index (Phi) is 4.46. The Bertz CT molecular complexity index is 860. The molecule has 1 N–H and O–H groups in total. The van der Waals surface area contributed by atoms with Gasteiger partial charge in [-0.05, 0) is 36.1 Å². The Morgan fingerprint density at radius 1 is 1.07 bits per heavy atom. The van der Waals surface area contributed by atoms with Crippen LogP contribution in [0.4, 0.5) is 0 Å². The van der Waals surface area contributed by atoms with E-state index in [4.69, 9.17) is 11.6 Å². The van der Waals surface area contributed by atoms with Gasteiger partial charge in [0, 0.05) is 42.5 Å². The summed E-state index contributed by atoms with van der Waals surface area (Å²) in [7, 11) is 0. The van der Waals surface area contributed by atoms with Gasteiger partial charge in [-0.1, -0.05) is 54.1 Å². The van der Waals surface area contributed by atoms with Gasteiger partial charge in [-0.15, -0.1) is 0 Å². The second-order valence-electron chi connectivity index (χ2n) is 8.46. The number of halogens is 1. The predicted molar refractivity (Wildman–Crippen MR) is 109 cm³/mol. The Balaban J connectivity index is 1.43. The normalized spacial score (nSPS) is 26.0. The van der Waals surface area contributed by atoms with Gasteiger partial charge in [0.1, 0.15) is 0 Å². The van der Waals surface area contributed by atoms with Gasteiger partial charge >= 0.3 is 0 Å². The molecule has 1 spiro atoms. The van der Waals surface area contributed by atoms with Crippen LogP contribution in [0.15, 0.2) is 54.6 Å². The number of nitrogens with zero attached hydrogens (tertiary/aromatic N) is 2. The molecule has 5 heteroatoms. The molecule has 2 heterocycles. The number of likely N-dealkylation sites (tertiary alicyclic amines) is 2. The fourth-order valence-corrected chi connectivity index (χ4v) is 5.29. The van der Waals surface area contributed by atoms with Gasteiger partial charge < -0.3 is 10.0 Å². The third-order valence-electron chi connectivity index (χ3n) is 6.72. The first kappa shape index (κ1) is 18.2. The first-order chi connectivity index (χ1) is 13.6. The Morgan fingerprint density at radius 3 is 2.36 bits per heavy atom. The number of hydrogen-bond donors (Lipinski definition) is 1. The van der Waals surface area contributed by atoms with Crippen molar-refractivity contribution in [2.24, 2.45) is 5.92 Å². The average Bonchev–Trinajstić information content (AvgIpc) is 3.51. The number of hydrogen-bond acceptors (Lipinski definition) is 3. The number of aliphatic hydroxyl groups excluding tert-OH is 1. The first-order valence-corrected chi connectivity index (χ1v) is 10.5. The van der Waals surface area contributed by atoms with Crippen molar-refractivity contribution < 1.29 is 9.90 Å². The van der Waals surface area contributed by atoms with E-state index in [0.29, 0.717) is 5.91 Å². The number of aliphatic hydroxyl groups is 1. The minimum Gasteiger partial charge on any atom is -0.395 e. The van der Waals surface area contributed by atoms with E-state index in [0.717, 1.165) is 37.5 Å².